The van der Waals surface area contributed by atoms with Crippen LogP contribution in [0.1, 0.15) is 88.6 Å². The molecule has 2 aromatic carbocycles. The summed E-state index contributed by atoms with van der Waals surface area (Å²) in [6.45, 7) is 14.4. The number of unbranched alkanes of at least 4 members (excludes halogenated alkanes) is 2. The van der Waals surface area contributed by atoms with Crippen LogP contribution in [0.4, 0.5) is 4.79 Å². The van der Waals surface area contributed by atoms with Gasteiger partial charge in [-0.15, -0.1) is 0 Å². The highest BCUT2D eigenvalue weighted by Gasteiger charge is 2.36. The number of hydrogen-bond acceptors (Lipinski definition) is 4. The lowest BCUT2D eigenvalue weighted by atomic mass is 9.94. The molecule has 0 aliphatic heterocycles. The Labute approximate surface area is 234 Å². The number of amides is 3. The lowest BCUT2D eigenvalue weighted by Crippen LogP contribution is -2.54. The number of hydrogen-bond donors (Lipinski definition) is 2. The van der Waals surface area contributed by atoms with Crippen LogP contribution >= 0.6 is 0 Å². The van der Waals surface area contributed by atoms with Gasteiger partial charge in [0, 0.05) is 19.5 Å². The monoisotopic (exact) mass is 537 g/mol. The number of alkyl carbamates (subject to hydrolysis) is 1. The van der Waals surface area contributed by atoms with Crippen LogP contribution < -0.4 is 10.6 Å². The normalized spacial score (nSPS) is 12.8. The molecule has 39 heavy (non-hydrogen) atoms. The van der Waals surface area contributed by atoms with Crippen molar-refractivity contribution in [3.63, 3.8) is 0 Å². The molecule has 0 spiro atoms. The number of rotatable bonds is 13. The molecule has 0 heterocycles. The molecule has 0 radical (unpaired) electrons. The summed E-state index contributed by atoms with van der Waals surface area (Å²) in [7, 11) is 0. The molecule has 214 valence electrons. The molecule has 0 saturated carbocycles. The second-order valence-electron chi connectivity index (χ2n) is 11.1. The van der Waals surface area contributed by atoms with Crippen molar-refractivity contribution in [1.82, 2.24) is 15.5 Å². The van der Waals surface area contributed by atoms with Crippen molar-refractivity contribution in [2.24, 2.45) is 0 Å². The van der Waals surface area contributed by atoms with Crippen LogP contribution in [-0.4, -0.2) is 47.5 Å². The summed E-state index contributed by atoms with van der Waals surface area (Å²) in [6.07, 6.45) is 2.99. The smallest absolute Gasteiger partial charge is 0.408 e. The summed E-state index contributed by atoms with van der Waals surface area (Å²) >= 11 is 0. The van der Waals surface area contributed by atoms with Crippen LogP contribution in [0.15, 0.2) is 48.5 Å². The number of benzene rings is 2. The zero-order chi connectivity index (χ0) is 29.0. The summed E-state index contributed by atoms with van der Waals surface area (Å²) in [5.41, 5.74) is 3.01. The van der Waals surface area contributed by atoms with Crippen molar-refractivity contribution in [3.05, 3.63) is 70.8 Å². The highest BCUT2D eigenvalue weighted by molar-refractivity contribution is 5.92. The number of ether oxygens (including phenoxy) is 1. The first-order valence-corrected chi connectivity index (χ1v) is 14.2. The zero-order valence-corrected chi connectivity index (χ0v) is 24.8. The van der Waals surface area contributed by atoms with E-state index in [1.54, 1.807) is 25.7 Å². The van der Waals surface area contributed by atoms with Crippen LogP contribution in [0.25, 0.3) is 0 Å². The van der Waals surface area contributed by atoms with Crippen LogP contribution in [0.2, 0.25) is 0 Å². The van der Waals surface area contributed by atoms with Gasteiger partial charge in [0.1, 0.15) is 17.7 Å². The molecule has 7 nitrogen and oxygen atoms in total. The Balaban J connectivity index is 2.56. The van der Waals surface area contributed by atoms with E-state index < -0.39 is 23.8 Å². The van der Waals surface area contributed by atoms with Crippen molar-refractivity contribution >= 4 is 17.9 Å². The molecule has 2 aromatic rings. The summed E-state index contributed by atoms with van der Waals surface area (Å²) in [5, 5.41) is 5.87. The largest absolute Gasteiger partial charge is 0.444 e. The van der Waals surface area contributed by atoms with E-state index in [1.807, 2.05) is 62.4 Å². The first-order chi connectivity index (χ1) is 18.5. The van der Waals surface area contributed by atoms with Crippen LogP contribution in [0.3, 0.4) is 0 Å². The third-order valence-electron chi connectivity index (χ3n) is 6.64. The zero-order valence-electron chi connectivity index (χ0n) is 24.8. The van der Waals surface area contributed by atoms with Crippen molar-refractivity contribution in [3.8, 4) is 0 Å². The summed E-state index contributed by atoms with van der Waals surface area (Å²) in [4.78, 5) is 42.7. The Kier molecular flexibility index (Phi) is 12.5. The molecule has 0 aromatic heterocycles. The minimum absolute atomic E-state index is 0.211. The molecular weight excluding hydrogens is 490 g/mol. The predicted molar refractivity (Wildman–Crippen MR) is 156 cm³/mol. The Morgan fingerprint density at radius 2 is 1.59 bits per heavy atom. The van der Waals surface area contributed by atoms with Crippen LogP contribution in [0, 0.1) is 13.8 Å². The summed E-state index contributed by atoms with van der Waals surface area (Å²) < 4.78 is 5.51. The average molecular weight is 538 g/mol. The van der Waals surface area contributed by atoms with Gasteiger partial charge < -0.3 is 20.3 Å². The highest BCUT2D eigenvalue weighted by Crippen LogP contribution is 2.28. The minimum atomic E-state index is -0.907. The molecule has 2 N–H and O–H groups in total. The molecule has 2 rings (SSSR count). The first-order valence-electron chi connectivity index (χ1n) is 14.2. The Bertz CT molecular complexity index is 1080. The number of aryl methyl sites for hydroxylation is 1. The van der Waals surface area contributed by atoms with Crippen molar-refractivity contribution in [2.45, 2.75) is 98.3 Å². The molecule has 0 bridgehead atoms. The van der Waals surface area contributed by atoms with E-state index in [4.69, 9.17) is 4.74 Å². The molecule has 0 fully saturated rings. The number of nitrogens with one attached hydrogen (secondary N) is 2. The lowest BCUT2D eigenvalue weighted by Gasteiger charge is -2.35. The second kappa shape index (κ2) is 15.3. The van der Waals surface area contributed by atoms with E-state index in [0.717, 1.165) is 47.9 Å². The third kappa shape index (κ3) is 10.0. The average Bonchev–Trinajstić information content (AvgIpc) is 2.87. The van der Waals surface area contributed by atoms with Crippen molar-refractivity contribution < 1.29 is 19.1 Å². The Morgan fingerprint density at radius 3 is 2.21 bits per heavy atom. The molecular formula is C32H47N3O4. The number of carbonyl (C=O) groups is 3. The molecule has 0 aliphatic rings. The van der Waals surface area contributed by atoms with E-state index in [0.29, 0.717) is 13.1 Å². The second-order valence-corrected chi connectivity index (χ2v) is 11.1. The van der Waals surface area contributed by atoms with Gasteiger partial charge in [0.15, 0.2) is 0 Å². The fourth-order valence-corrected chi connectivity index (χ4v) is 4.40. The van der Waals surface area contributed by atoms with Gasteiger partial charge in [-0.2, -0.15) is 0 Å². The lowest BCUT2D eigenvalue weighted by molar-refractivity contribution is -0.142. The maximum absolute atomic E-state index is 14.4. The number of nitrogens with zero attached hydrogens (tertiary/aromatic N) is 1. The molecule has 0 aliphatic carbocycles. The standard InChI is InChI=1S/C32H47N3O4/c1-8-10-20-33-29(36)28(26-19-15-16-23(3)24(26)4)35(21-11-9-2)30(37)27(22-25-17-13-12-14-18-25)34-31(38)39-32(5,6)7/h12-19,27-28H,8-11,20-22H2,1-7H3,(H,33,36)(H,34,38). The van der Waals surface area contributed by atoms with Gasteiger partial charge in [0.2, 0.25) is 11.8 Å². The van der Waals surface area contributed by atoms with Gasteiger partial charge in [0.05, 0.1) is 0 Å². The number of carbonyl (C=O) groups excluding carboxylic acids is 3. The van der Waals surface area contributed by atoms with Gasteiger partial charge in [-0.05, 0) is 69.7 Å². The summed E-state index contributed by atoms with van der Waals surface area (Å²) in [5.74, 6) is -0.521. The highest BCUT2D eigenvalue weighted by atomic mass is 16.6. The van der Waals surface area contributed by atoms with Crippen molar-refractivity contribution in [2.75, 3.05) is 13.1 Å². The van der Waals surface area contributed by atoms with E-state index in [9.17, 15) is 14.4 Å². The fraction of sp³-hybridized carbons (Fsp3) is 0.531. The predicted octanol–water partition coefficient (Wildman–Crippen LogP) is 6.03. The maximum Gasteiger partial charge on any atom is 0.408 e. The van der Waals surface area contributed by atoms with E-state index >= 15 is 0 Å². The molecule has 2 atom stereocenters. The van der Waals surface area contributed by atoms with Crippen LogP contribution in [-0.2, 0) is 20.7 Å². The Hall–Kier alpha value is -3.35. The van der Waals surface area contributed by atoms with Gasteiger partial charge in [-0.1, -0.05) is 75.2 Å². The molecule has 7 heteroatoms. The molecule has 3 amide bonds. The van der Waals surface area contributed by atoms with Gasteiger partial charge in [-0.3, -0.25) is 9.59 Å². The molecule has 2 unspecified atom stereocenters. The maximum atomic E-state index is 14.4. The SMILES string of the molecule is CCCCNC(=O)C(c1cccc(C)c1C)N(CCCC)C(=O)C(Cc1ccccc1)NC(=O)OC(C)(C)C. The van der Waals surface area contributed by atoms with Gasteiger partial charge in [-0.25, -0.2) is 4.79 Å². The quantitative estimate of drug-likeness (QED) is 0.306. The minimum Gasteiger partial charge on any atom is -0.444 e. The molecule has 0 saturated heterocycles. The van der Waals surface area contributed by atoms with Crippen LogP contribution in [0.5, 0.6) is 0 Å². The topological polar surface area (TPSA) is 87.7 Å². The van der Waals surface area contributed by atoms with E-state index in [2.05, 4.69) is 24.5 Å². The van der Waals surface area contributed by atoms with Gasteiger partial charge in [0.25, 0.3) is 0 Å². The fourth-order valence-electron chi connectivity index (χ4n) is 4.40. The van der Waals surface area contributed by atoms with Crippen molar-refractivity contribution in [1.29, 1.82) is 0 Å². The van der Waals surface area contributed by atoms with E-state index in [1.165, 1.54) is 0 Å². The Morgan fingerprint density at radius 1 is 0.923 bits per heavy atom. The first kappa shape index (κ1) is 31.9. The third-order valence-corrected chi connectivity index (χ3v) is 6.64. The summed E-state index contributed by atoms with van der Waals surface area (Å²) in [6, 6.07) is 13.7. The van der Waals surface area contributed by atoms with E-state index in [-0.39, 0.29) is 18.2 Å². The van der Waals surface area contributed by atoms with Gasteiger partial charge >= 0.3 is 6.09 Å².